The summed E-state index contributed by atoms with van der Waals surface area (Å²) in [6.07, 6.45) is 2.97. The van der Waals surface area contributed by atoms with E-state index in [2.05, 4.69) is 23.5 Å². The van der Waals surface area contributed by atoms with Crippen LogP contribution >= 0.6 is 0 Å². The number of ether oxygens (including phenoxy) is 2. The first-order valence-electron chi connectivity index (χ1n) is 8.79. The highest BCUT2D eigenvalue weighted by Crippen LogP contribution is 2.25. The van der Waals surface area contributed by atoms with Gasteiger partial charge in [-0.3, -0.25) is 4.79 Å². The third kappa shape index (κ3) is 4.13. The van der Waals surface area contributed by atoms with Crippen molar-refractivity contribution in [1.29, 1.82) is 0 Å². The van der Waals surface area contributed by atoms with Crippen molar-refractivity contribution in [3.8, 4) is 11.5 Å². The van der Waals surface area contributed by atoms with E-state index in [0.29, 0.717) is 5.75 Å². The van der Waals surface area contributed by atoms with Crippen molar-refractivity contribution in [1.82, 2.24) is 5.32 Å². The first-order valence-corrected chi connectivity index (χ1v) is 8.79. The van der Waals surface area contributed by atoms with Crippen LogP contribution in [0.1, 0.15) is 43.0 Å². The minimum absolute atomic E-state index is 0.0414. The Hall–Kier alpha value is -2.49. The largest absolute Gasteiger partial charge is 0.497 e. The van der Waals surface area contributed by atoms with Gasteiger partial charge in [-0.05, 0) is 74.1 Å². The molecule has 1 N–H and O–H groups in total. The monoisotopic (exact) mass is 339 g/mol. The van der Waals surface area contributed by atoms with Crippen LogP contribution in [0.4, 0.5) is 0 Å². The molecule has 0 bridgehead atoms. The predicted octanol–water partition coefficient (Wildman–Crippen LogP) is 3.83. The Morgan fingerprint density at radius 1 is 1.00 bits per heavy atom. The van der Waals surface area contributed by atoms with Crippen molar-refractivity contribution in [2.75, 3.05) is 7.11 Å². The quantitative estimate of drug-likeness (QED) is 0.870. The second-order valence-corrected chi connectivity index (χ2v) is 6.55. The Balaban J connectivity index is 1.58. The number of fused-ring (bicyclic) bond motifs is 1. The van der Waals surface area contributed by atoms with Gasteiger partial charge in [0, 0.05) is 0 Å². The van der Waals surface area contributed by atoms with Gasteiger partial charge in [0.2, 0.25) is 0 Å². The Bertz CT molecular complexity index is 739. The number of hydrogen-bond acceptors (Lipinski definition) is 3. The van der Waals surface area contributed by atoms with Crippen molar-refractivity contribution in [3.63, 3.8) is 0 Å². The number of nitrogens with one attached hydrogen (secondary N) is 1. The van der Waals surface area contributed by atoms with Gasteiger partial charge >= 0.3 is 0 Å². The summed E-state index contributed by atoms with van der Waals surface area (Å²) >= 11 is 0. The Morgan fingerprint density at radius 2 is 1.68 bits per heavy atom. The predicted molar refractivity (Wildman–Crippen MR) is 98.1 cm³/mol. The lowest BCUT2D eigenvalue weighted by Gasteiger charge is -2.19. The molecule has 0 saturated carbocycles. The van der Waals surface area contributed by atoms with Crippen LogP contribution in [-0.4, -0.2) is 19.1 Å². The van der Waals surface area contributed by atoms with Crippen LogP contribution in [0.2, 0.25) is 0 Å². The fourth-order valence-corrected chi connectivity index (χ4v) is 3.19. The molecule has 1 aliphatic carbocycles. The molecular formula is C21H25NO3. The number of carbonyl (C=O) groups excluding carboxylic acids is 1. The van der Waals surface area contributed by atoms with E-state index in [9.17, 15) is 4.79 Å². The Labute approximate surface area is 149 Å². The van der Waals surface area contributed by atoms with Gasteiger partial charge in [0.15, 0.2) is 6.10 Å². The van der Waals surface area contributed by atoms with Gasteiger partial charge in [-0.2, -0.15) is 0 Å². The molecule has 0 saturated heterocycles. The lowest BCUT2D eigenvalue weighted by atomic mass is 10.0. The van der Waals surface area contributed by atoms with Gasteiger partial charge in [-0.15, -0.1) is 0 Å². The van der Waals surface area contributed by atoms with Crippen LogP contribution in [-0.2, 0) is 17.6 Å². The zero-order chi connectivity index (χ0) is 17.8. The molecule has 2 atom stereocenters. The molecule has 132 valence electrons. The van der Waals surface area contributed by atoms with Crippen LogP contribution in [0.25, 0.3) is 0 Å². The Morgan fingerprint density at radius 3 is 2.40 bits per heavy atom. The normalized spacial score (nSPS) is 15.2. The fourth-order valence-electron chi connectivity index (χ4n) is 3.19. The van der Waals surface area contributed by atoms with Crippen LogP contribution in [0, 0.1) is 0 Å². The minimum Gasteiger partial charge on any atom is -0.497 e. The van der Waals surface area contributed by atoms with Crippen LogP contribution < -0.4 is 14.8 Å². The maximum atomic E-state index is 12.4. The molecule has 4 heteroatoms. The van der Waals surface area contributed by atoms with E-state index >= 15 is 0 Å². The summed E-state index contributed by atoms with van der Waals surface area (Å²) in [6, 6.07) is 13.7. The highest BCUT2D eigenvalue weighted by atomic mass is 16.5. The first kappa shape index (κ1) is 17.3. The zero-order valence-corrected chi connectivity index (χ0v) is 15.0. The van der Waals surface area contributed by atoms with E-state index in [1.165, 1.54) is 24.0 Å². The summed E-state index contributed by atoms with van der Waals surface area (Å²) < 4.78 is 10.8. The van der Waals surface area contributed by atoms with Gasteiger partial charge in [-0.25, -0.2) is 0 Å². The molecule has 1 amide bonds. The van der Waals surface area contributed by atoms with E-state index in [-0.39, 0.29) is 11.9 Å². The van der Waals surface area contributed by atoms with Gasteiger partial charge in [0.05, 0.1) is 13.2 Å². The summed E-state index contributed by atoms with van der Waals surface area (Å²) in [7, 11) is 1.62. The van der Waals surface area contributed by atoms with E-state index in [1.807, 2.05) is 19.1 Å². The maximum absolute atomic E-state index is 12.4. The number of hydrogen-bond donors (Lipinski definition) is 1. The van der Waals surface area contributed by atoms with Crippen molar-refractivity contribution >= 4 is 5.91 Å². The molecule has 0 aromatic heterocycles. The summed E-state index contributed by atoms with van der Waals surface area (Å²) in [4.78, 5) is 12.4. The molecule has 0 unspecified atom stereocenters. The summed E-state index contributed by atoms with van der Waals surface area (Å²) in [5, 5.41) is 3.04. The molecule has 1 aliphatic rings. The van der Waals surface area contributed by atoms with E-state index < -0.39 is 6.10 Å². The second-order valence-electron chi connectivity index (χ2n) is 6.55. The minimum atomic E-state index is -0.565. The van der Waals surface area contributed by atoms with E-state index in [4.69, 9.17) is 9.47 Å². The highest BCUT2D eigenvalue weighted by molar-refractivity contribution is 5.81. The molecule has 0 aliphatic heterocycles. The SMILES string of the molecule is COc1ccc(O[C@@H](C)C(=O)N[C@H](C)c2ccc3c(c2)CCC3)cc1. The van der Waals surface area contributed by atoms with Crippen LogP contribution in [0.3, 0.4) is 0 Å². The van der Waals surface area contributed by atoms with Crippen molar-refractivity contribution in [2.24, 2.45) is 0 Å². The molecule has 2 aromatic rings. The number of carbonyl (C=O) groups is 1. The molecule has 2 aromatic carbocycles. The molecule has 0 fully saturated rings. The number of amides is 1. The zero-order valence-electron chi connectivity index (χ0n) is 15.0. The van der Waals surface area contributed by atoms with Crippen LogP contribution in [0.15, 0.2) is 42.5 Å². The first-order chi connectivity index (χ1) is 12.1. The molecule has 3 rings (SSSR count). The van der Waals surface area contributed by atoms with Gasteiger partial charge in [0.25, 0.3) is 5.91 Å². The summed E-state index contributed by atoms with van der Waals surface area (Å²) in [6.45, 7) is 3.77. The molecule has 25 heavy (non-hydrogen) atoms. The van der Waals surface area contributed by atoms with Crippen molar-refractivity contribution in [3.05, 3.63) is 59.2 Å². The Kier molecular flexibility index (Phi) is 5.27. The third-order valence-electron chi connectivity index (χ3n) is 4.72. The lowest BCUT2D eigenvalue weighted by Crippen LogP contribution is -2.37. The fraction of sp³-hybridized carbons (Fsp3) is 0.381. The highest BCUT2D eigenvalue weighted by Gasteiger charge is 2.19. The number of aryl methyl sites for hydroxylation is 2. The number of benzene rings is 2. The average molecular weight is 339 g/mol. The maximum Gasteiger partial charge on any atom is 0.261 e. The van der Waals surface area contributed by atoms with Crippen LogP contribution in [0.5, 0.6) is 11.5 Å². The molecular weight excluding hydrogens is 314 g/mol. The standard InChI is InChI=1S/C21H25NO3/c1-14(17-8-7-16-5-4-6-18(16)13-17)22-21(23)15(2)25-20-11-9-19(24-3)10-12-20/h7-15H,4-6H2,1-3H3,(H,22,23)/t14-,15+/m1/s1. The number of methoxy groups -OCH3 is 1. The molecule has 0 spiro atoms. The van der Waals surface area contributed by atoms with Gasteiger partial charge in [0.1, 0.15) is 11.5 Å². The van der Waals surface area contributed by atoms with Crippen molar-refractivity contribution in [2.45, 2.75) is 45.3 Å². The third-order valence-corrected chi connectivity index (χ3v) is 4.72. The molecule has 0 radical (unpaired) electrons. The van der Waals surface area contributed by atoms with E-state index in [1.54, 1.807) is 26.2 Å². The average Bonchev–Trinajstić information content (AvgIpc) is 3.09. The molecule has 0 heterocycles. The van der Waals surface area contributed by atoms with Gasteiger partial charge < -0.3 is 14.8 Å². The smallest absolute Gasteiger partial charge is 0.261 e. The topological polar surface area (TPSA) is 47.6 Å². The lowest BCUT2D eigenvalue weighted by molar-refractivity contribution is -0.127. The second kappa shape index (κ2) is 7.60. The summed E-state index contributed by atoms with van der Waals surface area (Å²) in [5.74, 6) is 1.28. The molecule has 4 nitrogen and oxygen atoms in total. The van der Waals surface area contributed by atoms with Gasteiger partial charge in [-0.1, -0.05) is 18.2 Å². The van der Waals surface area contributed by atoms with E-state index in [0.717, 1.165) is 17.7 Å². The number of rotatable bonds is 6. The summed E-state index contributed by atoms with van der Waals surface area (Å²) in [5.41, 5.74) is 4.00. The van der Waals surface area contributed by atoms with Crippen molar-refractivity contribution < 1.29 is 14.3 Å².